The molecule has 0 radical (unpaired) electrons. The Bertz CT molecular complexity index is 687. The zero-order valence-corrected chi connectivity index (χ0v) is 14.0. The van der Waals surface area contributed by atoms with E-state index in [1.54, 1.807) is 23.5 Å². The highest BCUT2D eigenvalue weighted by molar-refractivity contribution is 7.99. The maximum absolute atomic E-state index is 9.39. The van der Waals surface area contributed by atoms with Crippen LogP contribution in [0.5, 0.6) is 0 Å². The lowest BCUT2D eigenvalue weighted by molar-refractivity contribution is 0.320. The fourth-order valence-electron chi connectivity index (χ4n) is 2.66. The normalized spacial score (nSPS) is 12.2. The van der Waals surface area contributed by atoms with Gasteiger partial charge in [0.2, 0.25) is 0 Å². The molecular formula is C17H17NO3S2. The predicted octanol–water partition coefficient (Wildman–Crippen LogP) is 3.06. The lowest BCUT2D eigenvalue weighted by Gasteiger charge is -2.06. The molecule has 0 unspecified atom stereocenters. The molecule has 3 N–H and O–H groups in total. The molecule has 0 aromatic heterocycles. The second kappa shape index (κ2) is 7.40. The number of aliphatic hydroxyl groups is 2. The summed E-state index contributed by atoms with van der Waals surface area (Å²) in [5.41, 5.74) is 4.51. The fraction of sp³-hybridized carbons (Fsp3) is 0.235. The second-order valence-corrected chi connectivity index (χ2v) is 7.34. The lowest BCUT2D eigenvalue weighted by atomic mass is 10.1. The summed E-state index contributed by atoms with van der Waals surface area (Å²) in [6, 6.07) is 12.0. The van der Waals surface area contributed by atoms with Gasteiger partial charge in [-0.2, -0.15) is 0 Å². The molecule has 0 saturated heterocycles. The van der Waals surface area contributed by atoms with E-state index in [0.717, 1.165) is 32.0 Å². The zero-order valence-electron chi connectivity index (χ0n) is 12.4. The molecule has 120 valence electrons. The summed E-state index contributed by atoms with van der Waals surface area (Å²) in [6.07, 6.45) is 0. The molecule has 0 atom stereocenters. The van der Waals surface area contributed by atoms with Crippen LogP contribution in [0.25, 0.3) is 11.1 Å². The van der Waals surface area contributed by atoms with Gasteiger partial charge in [0, 0.05) is 32.4 Å². The molecule has 4 nitrogen and oxygen atoms in total. The average molecular weight is 347 g/mol. The Hall–Kier alpha value is -1.47. The number of fused-ring (bicyclic) bond motifs is 3. The summed E-state index contributed by atoms with van der Waals surface area (Å²) in [7, 11) is 0. The van der Waals surface area contributed by atoms with Crippen LogP contribution in [0.15, 0.2) is 51.3 Å². The molecule has 0 amide bonds. The van der Waals surface area contributed by atoms with Gasteiger partial charge in [0.1, 0.15) is 5.71 Å². The van der Waals surface area contributed by atoms with Gasteiger partial charge in [-0.3, -0.25) is 0 Å². The van der Waals surface area contributed by atoms with E-state index in [1.807, 2.05) is 24.3 Å². The highest BCUT2D eigenvalue weighted by Crippen LogP contribution is 2.40. The van der Waals surface area contributed by atoms with E-state index < -0.39 is 0 Å². The van der Waals surface area contributed by atoms with Crippen molar-refractivity contribution in [2.24, 2.45) is 5.16 Å². The Morgan fingerprint density at radius 3 is 1.61 bits per heavy atom. The van der Waals surface area contributed by atoms with Gasteiger partial charge in [0.25, 0.3) is 0 Å². The monoisotopic (exact) mass is 347 g/mol. The summed E-state index contributed by atoms with van der Waals surface area (Å²) in [5.74, 6) is 1.30. The maximum atomic E-state index is 9.39. The summed E-state index contributed by atoms with van der Waals surface area (Å²) < 4.78 is 0. The third kappa shape index (κ3) is 3.26. The maximum Gasteiger partial charge on any atom is 0.118 e. The highest BCUT2D eigenvalue weighted by Gasteiger charge is 2.26. The molecule has 23 heavy (non-hydrogen) atoms. The minimum absolute atomic E-state index is 0.142. The average Bonchev–Trinajstić information content (AvgIpc) is 2.90. The number of oxime groups is 1. The van der Waals surface area contributed by atoms with Crippen LogP contribution >= 0.6 is 23.5 Å². The predicted molar refractivity (Wildman–Crippen MR) is 94.9 cm³/mol. The number of nitrogens with zero attached hydrogens (tertiary/aromatic N) is 1. The number of aliphatic hydroxyl groups excluding tert-OH is 2. The van der Waals surface area contributed by atoms with Gasteiger partial charge < -0.3 is 15.4 Å². The minimum atomic E-state index is 0.142. The molecule has 1 aliphatic carbocycles. The van der Waals surface area contributed by atoms with Crippen molar-refractivity contribution in [3.05, 3.63) is 47.5 Å². The number of hydrogen-bond acceptors (Lipinski definition) is 6. The van der Waals surface area contributed by atoms with Gasteiger partial charge in [-0.05, 0) is 35.4 Å². The van der Waals surface area contributed by atoms with Crippen LogP contribution in [0.1, 0.15) is 11.1 Å². The fourth-order valence-corrected chi connectivity index (χ4v) is 4.05. The van der Waals surface area contributed by atoms with Gasteiger partial charge in [0.15, 0.2) is 0 Å². The van der Waals surface area contributed by atoms with Gasteiger partial charge in [-0.15, -0.1) is 23.5 Å². The number of benzene rings is 2. The molecule has 2 aromatic rings. The minimum Gasteiger partial charge on any atom is -0.410 e. The van der Waals surface area contributed by atoms with E-state index in [1.165, 1.54) is 0 Å². The van der Waals surface area contributed by atoms with Crippen molar-refractivity contribution in [2.45, 2.75) is 9.79 Å². The molecule has 0 fully saturated rings. The zero-order chi connectivity index (χ0) is 16.2. The van der Waals surface area contributed by atoms with Crippen LogP contribution < -0.4 is 0 Å². The number of thioether (sulfide) groups is 2. The van der Waals surface area contributed by atoms with E-state index in [2.05, 4.69) is 17.3 Å². The van der Waals surface area contributed by atoms with Crippen LogP contribution in [0.3, 0.4) is 0 Å². The molecule has 3 rings (SSSR count). The SMILES string of the molecule is OCCSc1ccc2c(c1)-c1cc(SCCO)ccc1C2=NO. The Labute approximate surface area is 143 Å². The molecule has 0 bridgehead atoms. The summed E-state index contributed by atoms with van der Waals surface area (Å²) in [6.45, 7) is 0.285. The van der Waals surface area contributed by atoms with Crippen LogP contribution in [0.4, 0.5) is 0 Å². The van der Waals surface area contributed by atoms with E-state index in [9.17, 15) is 5.21 Å². The molecular weight excluding hydrogens is 330 g/mol. The largest absolute Gasteiger partial charge is 0.410 e. The first-order valence-corrected chi connectivity index (χ1v) is 9.24. The summed E-state index contributed by atoms with van der Waals surface area (Å²) in [4.78, 5) is 2.16. The van der Waals surface area contributed by atoms with Gasteiger partial charge in [-0.25, -0.2) is 0 Å². The standard InChI is InChI=1S/C17H17NO3S2/c19-5-7-22-11-1-3-13-15(9-11)16-10-12(23-8-6-20)2-4-14(16)17(13)18-21/h1-4,9-10,19-21H,5-8H2. The Morgan fingerprint density at radius 2 is 1.22 bits per heavy atom. The molecule has 0 spiro atoms. The summed E-state index contributed by atoms with van der Waals surface area (Å²) >= 11 is 3.19. The highest BCUT2D eigenvalue weighted by atomic mass is 32.2. The first-order chi connectivity index (χ1) is 11.3. The second-order valence-electron chi connectivity index (χ2n) is 5.01. The van der Waals surface area contributed by atoms with Crippen molar-refractivity contribution >= 4 is 29.2 Å². The number of rotatable bonds is 6. The summed E-state index contributed by atoms with van der Waals surface area (Å²) in [5, 5.41) is 30.8. The Morgan fingerprint density at radius 1 is 0.739 bits per heavy atom. The molecule has 2 aromatic carbocycles. The van der Waals surface area contributed by atoms with E-state index >= 15 is 0 Å². The van der Waals surface area contributed by atoms with Crippen LogP contribution in [-0.4, -0.2) is 45.9 Å². The number of hydrogen-bond donors (Lipinski definition) is 3. The van der Waals surface area contributed by atoms with E-state index in [-0.39, 0.29) is 13.2 Å². The van der Waals surface area contributed by atoms with Crippen molar-refractivity contribution < 1.29 is 15.4 Å². The molecule has 0 aliphatic heterocycles. The van der Waals surface area contributed by atoms with Gasteiger partial charge >= 0.3 is 0 Å². The van der Waals surface area contributed by atoms with Crippen molar-refractivity contribution in [3.8, 4) is 11.1 Å². The Kier molecular flexibility index (Phi) is 5.27. The topological polar surface area (TPSA) is 73.0 Å². The smallest absolute Gasteiger partial charge is 0.118 e. The van der Waals surface area contributed by atoms with E-state index in [4.69, 9.17) is 10.2 Å². The lowest BCUT2D eigenvalue weighted by Crippen LogP contribution is -1.97. The van der Waals surface area contributed by atoms with Crippen LogP contribution in [0, 0.1) is 0 Å². The van der Waals surface area contributed by atoms with Crippen molar-refractivity contribution in [1.82, 2.24) is 0 Å². The quantitative estimate of drug-likeness (QED) is 0.363. The van der Waals surface area contributed by atoms with Crippen molar-refractivity contribution in [3.63, 3.8) is 0 Å². The van der Waals surface area contributed by atoms with Gasteiger partial charge in [0.05, 0.1) is 13.2 Å². The van der Waals surface area contributed by atoms with Crippen LogP contribution in [-0.2, 0) is 0 Å². The third-order valence-electron chi connectivity index (χ3n) is 3.60. The molecule has 0 heterocycles. The molecule has 0 saturated carbocycles. The van der Waals surface area contributed by atoms with Crippen molar-refractivity contribution in [1.29, 1.82) is 0 Å². The van der Waals surface area contributed by atoms with E-state index in [0.29, 0.717) is 17.2 Å². The van der Waals surface area contributed by atoms with Gasteiger partial charge in [-0.1, -0.05) is 17.3 Å². The molecule has 1 aliphatic rings. The van der Waals surface area contributed by atoms with Crippen LogP contribution in [0.2, 0.25) is 0 Å². The first-order valence-electron chi connectivity index (χ1n) is 7.27. The van der Waals surface area contributed by atoms with Crippen molar-refractivity contribution in [2.75, 3.05) is 24.7 Å². The molecule has 6 heteroatoms. The first kappa shape index (κ1) is 16.4. The third-order valence-corrected chi connectivity index (χ3v) is 5.55. The Balaban J connectivity index is 2.03.